The van der Waals surface area contributed by atoms with Gasteiger partial charge in [0, 0.05) is 24.5 Å². The van der Waals surface area contributed by atoms with Gasteiger partial charge in [0.15, 0.2) is 0 Å². The average molecular weight is 447 g/mol. The number of hydrogen-bond donors (Lipinski definition) is 1. The van der Waals surface area contributed by atoms with Crippen LogP contribution in [0, 0.1) is 5.41 Å². The van der Waals surface area contributed by atoms with E-state index in [4.69, 9.17) is 0 Å². The number of piperidine rings is 1. The molecule has 4 nitrogen and oxygen atoms in total. The van der Waals surface area contributed by atoms with Gasteiger partial charge in [-0.3, -0.25) is 9.59 Å². The molecule has 0 bridgehead atoms. The zero-order valence-electron chi connectivity index (χ0n) is 18.5. The summed E-state index contributed by atoms with van der Waals surface area (Å²) in [7, 11) is 0. The highest BCUT2D eigenvalue weighted by atomic mass is 32.1. The molecule has 0 saturated carbocycles. The van der Waals surface area contributed by atoms with E-state index < -0.39 is 5.41 Å². The van der Waals surface area contributed by atoms with Crippen molar-refractivity contribution in [1.82, 2.24) is 10.2 Å². The number of likely N-dealkylation sites (tertiary alicyclic amines) is 1. The summed E-state index contributed by atoms with van der Waals surface area (Å²) in [6.45, 7) is 3.82. The number of carbonyl (C=O) groups excluding carboxylic acids is 2. The minimum absolute atomic E-state index is 0.109. The standard InChI is InChI=1S/C27H30N2O2S/c1-2-28-26(31)27(20-22-10-12-23(13-11-22)24-9-6-18-32-24)14-16-29(17-15-27)25(30)19-21-7-4-3-5-8-21/h3-13,18H,2,14-17,19-20H2,1H3,(H,28,31). The smallest absolute Gasteiger partial charge is 0.226 e. The Morgan fingerprint density at radius 2 is 1.66 bits per heavy atom. The summed E-state index contributed by atoms with van der Waals surface area (Å²) in [6.07, 6.45) is 2.49. The van der Waals surface area contributed by atoms with Gasteiger partial charge in [0.2, 0.25) is 11.8 Å². The van der Waals surface area contributed by atoms with Crippen LogP contribution in [0.5, 0.6) is 0 Å². The Kier molecular flexibility index (Phi) is 7.05. The molecule has 1 fully saturated rings. The number of nitrogens with zero attached hydrogens (tertiary/aromatic N) is 1. The molecule has 0 radical (unpaired) electrons. The maximum Gasteiger partial charge on any atom is 0.226 e. The molecule has 3 aromatic rings. The number of carbonyl (C=O) groups is 2. The van der Waals surface area contributed by atoms with Gasteiger partial charge in [0.05, 0.1) is 11.8 Å². The Hall–Kier alpha value is -2.92. The number of amides is 2. The summed E-state index contributed by atoms with van der Waals surface area (Å²) < 4.78 is 0. The lowest BCUT2D eigenvalue weighted by Gasteiger charge is -2.41. The number of benzene rings is 2. The van der Waals surface area contributed by atoms with E-state index in [9.17, 15) is 9.59 Å². The van der Waals surface area contributed by atoms with Gasteiger partial charge in [0.1, 0.15) is 0 Å². The Labute approximate surface area is 194 Å². The SMILES string of the molecule is CCNC(=O)C1(Cc2ccc(-c3cccs3)cc2)CCN(C(=O)Cc2ccccc2)CC1. The molecule has 1 aliphatic rings. The molecular formula is C27H30N2O2S. The minimum atomic E-state index is -0.468. The third-order valence-electron chi connectivity index (χ3n) is 6.39. The number of rotatable bonds is 7. The highest BCUT2D eigenvalue weighted by Gasteiger charge is 2.42. The summed E-state index contributed by atoms with van der Waals surface area (Å²) in [5.74, 6) is 0.249. The molecule has 5 heteroatoms. The Bertz CT molecular complexity index is 1020. The first kappa shape index (κ1) is 22.3. The zero-order chi connectivity index (χ0) is 22.4. The van der Waals surface area contributed by atoms with Gasteiger partial charge in [-0.25, -0.2) is 0 Å². The first-order valence-corrected chi connectivity index (χ1v) is 12.2. The van der Waals surface area contributed by atoms with Gasteiger partial charge in [-0.2, -0.15) is 0 Å². The van der Waals surface area contributed by atoms with Crippen molar-refractivity contribution in [3.05, 3.63) is 83.2 Å². The second-order valence-electron chi connectivity index (χ2n) is 8.53. The molecular weight excluding hydrogens is 416 g/mol. The summed E-state index contributed by atoms with van der Waals surface area (Å²) in [5, 5.41) is 5.14. The molecule has 1 saturated heterocycles. The van der Waals surface area contributed by atoms with E-state index >= 15 is 0 Å². The molecule has 1 aliphatic heterocycles. The van der Waals surface area contributed by atoms with Crippen molar-refractivity contribution in [3.8, 4) is 10.4 Å². The lowest BCUT2D eigenvalue weighted by molar-refractivity contribution is -0.140. The largest absolute Gasteiger partial charge is 0.356 e. The summed E-state index contributed by atoms with van der Waals surface area (Å²) in [5.41, 5.74) is 2.94. The first-order chi connectivity index (χ1) is 15.6. The summed E-state index contributed by atoms with van der Waals surface area (Å²) >= 11 is 1.73. The van der Waals surface area contributed by atoms with Gasteiger partial charge in [-0.05, 0) is 54.3 Å². The molecule has 1 N–H and O–H groups in total. The van der Waals surface area contributed by atoms with E-state index in [1.165, 1.54) is 16.0 Å². The maximum atomic E-state index is 13.1. The lowest BCUT2D eigenvalue weighted by Crippen LogP contribution is -2.51. The fourth-order valence-corrected chi connectivity index (χ4v) is 5.25. The van der Waals surface area contributed by atoms with E-state index in [0.29, 0.717) is 45.3 Å². The van der Waals surface area contributed by atoms with Crippen LogP contribution < -0.4 is 5.32 Å². The van der Waals surface area contributed by atoms with Crippen LogP contribution in [0.2, 0.25) is 0 Å². The third kappa shape index (κ3) is 5.10. The predicted molar refractivity (Wildman–Crippen MR) is 131 cm³/mol. The normalized spacial score (nSPS) is 15.3. The molecule has 4 rings (SSSR count). The van der Waals surface area contributed by atoms with Crippen LogP contribution in [-0.2, 0) is 22.4 Å². The second-order valence-corrected chi connectivity index (χ2v) is 9.48. The Morgan fingerprint density at radius 3 is 2.28 bits per heavy atom. The molecule has 2 heterocycles. The van der Waals surface area contributed by atoms with Crippen molar-refractivity contribution in [2.45, 2.75) is 32.6 Å². The van der Waals surface area contributed by atoms with Crippen LogP contribution in [0.15, 0.2) is 72.1 Å². The van der Waals surface area contributed by atoms with Gasteiger partial charge in [0.25, 0.3) is 0 Å². The van der Waals surface area contributed by atoms with Crippen molar-refractivity contribution >= 4 is 23.2 Å². The first-order valence-electron chi connectivity index (χ1n) is 11.3. The van der Waals surface area contributed by atoms with E-state index in [0.717, 1.165) is 5.56 Å². The molecule has 0 aliphatic carbocycles. The van der Waals surface area contributed by atoms with E-state index in [-0.39, 0.29) is 11.8 Å². The van der Waals surface area contributed by atoms with Crippen molar-refractivity contribution < 1.29 is 9.59 Å². The monoisotopic (exact) mass is 446 g/mol. The highest BCUT2D eigenvalue weighted by Crippen LogP contribution is 2.36. The predicted octanol–water partition coefficient (Wildman–Crippen LogP) is 4.95. The van der Waals surface area contributed by atoms with Gasteiger partial charge >= 0.3 is 0 Å². The molecule has 0 spiro atoms. The van der Waals surface area contributed by atoms with Crippen LogP contribution in [0.4, 0.5) is 0 Å². The van der Waals surface area contributed by atoms with E-state index in [1.807, 2.05) is 42.2 Å². The van der Waals surface area contributed by atoms with Crippen molar-refractivity contribution in [2.75, 3.05) is 19.6 Å². The Balaban J connectivity index is 1.44. The van der Waals surface area contributed by atoms with Gasteiger partial charge < -0.3 is 10.2 Å². The van der Waals surface area contributed by atoms with E-state index in [1.54, 1.807) is 11.3 Å². The van der Waals surface area contributed by atoms with Crippen molar-refractivity contribution in [2.24, 2.45) is 5.41 Å². The maximum absolute atomic E-state index is 13.1. The highest BCUT2D eigenvalue weighted by molar-refractivity contribution is 7.13. The van der Waals surface area contributed by atoms with Gasteiger partial charge in [-0.1, -0.05) is 60.7 Å². The molecule has 1 aromatic heterocycles. The fraction of sp³-hybridized carbons (Fsp3) is 0.333. The molecule has 0 atom stereocenters. The van der Waals surface area contributed by atoms with Crippen LogP contribution in [0.1, 0.15) is 30.9 Å². The lowest BCUT2D eigenvalue weighted by atomic mass is 9.72. The van der Waals surface area contributed by atoms with Crippen molar-refractivity contribution in [1.29, 1.82) is 0 Å². The van der Waals surface area contributed by atoms with Crippen LogP contribution in [0.25, 0.3) is 10.4 Å². The topological polar surface area (TPSA) is 49.4 Å². The average Bonchev–Trinajstić information content (AvgIpc) is 3.36. The molecule has 166 valence electrons. The molecule has 0 unspecified atom stereocenters. The number of hydrogen-bond acceptors (Lipinski definition) is 3. The number of nitrogens with one attached hydrogen (secondary N) is 1. The molecule has 32 heavy (non-hydrogen) atoms. The third-order valence-corrected chi connectivity index (χ3v) is 7.31. The number of thiophene rings is 1. The fourth-order valence-electron chi connectivity index (χ4n) is 4.52. The zero-order valence-corrected chi connectivity index (χ0v) is 19.4. The minimum Gasteiger partial charge on any atom is -0.356 e. The second kappa shape index (κ2) is 10.1. The van der Waals surface area contributed by atoms with Crippen LogP contribution >= 0.6 is 11.3 Å². The molecule has 2 amide bonds. The Morgan fingerprint density at radius 1 is 0.938 bits per heavy atom. The van der Waals surface area contributed by atoms with Crippen LogP contribution in [0.3, 0.4) is 0 Å². The quantitative estimate of drug-likeness (QED) is 0.559. The van der Waals surface area contributed by atoms with Gasteiger partial charge in [-0.15, -0.1) is 11.3 Å². The van der Waals surface area contributed by atoms with Crippen molar-refractivity contribution in [3.63, 3.8) is 0 Å². The summed E-state index contributed by atoms with van der Waals surface area (Å²) in [6, 6.07) is 22.6. The summed E-state index contributed by atoms with van der Waals surface area (Å²) in [4.78, 5) is 29.1. The van der Waals surface area contributed by atoms with Crippen LogP contribution in [-0.4, -0.2) is 36.3 Å². The molecule has 2 aromatic carbocycles. The van der Waals surface area contributed by atoms with E-state index in [2.05, 4.69) is 47.1 Å².